The van der Waals surface area contributed by atoms with E-state index < -0.39 is 5.82 Å². The molecule has 3 heteroatoms. The van der Waals surface area contributed by atoms with Gasteiger partial charge in [0, 0.05) is 11.1 Å². The highest BCUT2D eigenvalue weighted by atomic mass is 19.1. The third-order valence-electron chi connectivity index (χ3n) is 3.50. The molecule has 0 aliphatic carbocycles. The summed E-state index contributed by atoms with van der Waals surface area (Å²) < 4.78 is 18.3. The van der Waals surface area contributed by atoms with Crippen molar-refractivity contribution in [1.82, 2.24) is 0 Å². The molecule has 104 valence electrons. The van der Waals surface area contributed by atoms with Crippen LogP contribution in [0.25, 0.3) is 0 Å². The number of halogens is 1. The quantitative estimate of drug-likeness (QED) is 0.790. The van der Waals surface area contributed by atoms with Gasteiger partial charge in [-0.3, -0.25) is 4.79 Å². The summed E-state index contributed by atoms with van der Waals surface area (Å²) >= 11 is 0. The lowest BCUT2D eigenvalue weighted by atomic mass is 9.95. The van der Waals surface area contributed by atoms with Crippen molar-refractivity contribution in [1.29, 1.82) is 0 Å². The van der Waals surface area contributed by atoms with E-state index in [0.29, 0.717) is 11.1 Å². The van der Waals surface area contributed by atoms with Crippen molar-refractivity contribution in [3.63, 3.8) is 0 Å². The van der Waals surface area contributed by atoms with E-state index in [1.165, 1.54) is 25.3 Å². The maximum atomic E-state index is 13.4. The number of carbonyl (C=O) groups is 1. The van der Waals surface area contributed by atoms with Crippen molar-refractivity contribution in [2.45, 2.75) is 20.8 Å². The molecule has 0 fully saturated rings. The van der Waals surface area contributed by atoms with E-state index in [2.05, 4.69) is 0 Å². The molecule has 0 amide bonds. The van der Waals surface area contributed by atoms with E-state index in [1.54, 1.807) is 0 Å². The van der Waals surface area contributed by atoms with E-state index >= 15 is 0 Å². The fraction of sp³-hybridized carbons (Fsp3) is 0.235. The third-order valence-corrected chi connectivity index (χ3v) is 3.50. The number of hydrogen-bond donors (Lipinski definition) is 0. The maximum absolute atomic E-state index is 13.4. The molecule has 0 saturated heterocycles. The number of aryl methyl sites for hydroxylation is 3. The smallest absolute Gasteiger partial charge is 0.193 e. The van der Waals surface area contributed by atoms with Crippen molar-refractivity contribution < 1.29 is 13.9 Å². The zero-order valence-corrected chi connectivity index (χ0v) is 12.1. The lowest BCUT2D eigenvalue weighted by Crippen LogP contribution is -2.06. The maximum Gasteiger partial charge on any atom is 0.193 e. The van der Waals surface area contributed by atoms with Crippen LogP contribution in [-0.4, -0.2) is 12.9 Å². The number of rotatable bonds is 3. The van der Waals surface area contributed by atoms with Gasteiger partial charge in [0.1, 0.15) is 0 Å². The van der Waals surface area contributed by atoms with E-state index in [4.69, 9.17) is 4.74 Å². The third kappa shape index (κ3) is 2.57. The second-order valence-corrected chi connectivity index (χ2v) is 4.93. The highest BCUT2D eigenvalue weighted by molar-refractivity contribution is 6.10. The summed E-state index contributed by atoms with van der Waals surface area (Å²) in [4.78, 5) is 12.5. The minimum atomic E-state index is -0.471. The molecule has 2 rings (SSSR count). The Morgan fingerprint density at radius 3 is 2.30 bits per heavy atom. The Hall–Kier alpha value is -2.16. The standard InChI is InChI=1S/C17H17FO2/c1-10-7-12(3)14(8-11(10)2)17(19)13-5-6-15(18)16(9-13)20-4/h5-9H,1-4H3. The summed E-state index contributed by atoms with van der Waals surface area (Å²) in [5.74, 6) is -0.512. The molecular weight excluding hydrogens is 255 g/mol. The van der Waals surface area contributed by atoms with Gasteiger partial charge in [-0.1, -0.05) is 6.07 Å². The minimum absolute atomic E-state index is 0.0809. The summed E-state index contributed by atoms with van der Waals surface area (Å²) in [5, 5.41) is 0. The van der Waals surface area contributed by atoms with Gasteiger partial charge in [0.25, 0.3) is 0 Å². The number of benzene rings is 2. The molecular formula is C17H17FO2. The fourth-order valence-corrected chi connectivity index (χ4v) is 2.16. The molecule has 0 aliphatic rings. The Morgan fingerprint density at radius 1 is 1.00 bits per heavy atom. The predicted molar refractivity (Wildman–Crippen MR) is 77.0 cm³/mol. The molecule has 2 nitrogen and oxygen atoms in total. The monoisotopic (exact) mass is 272 g/mol. The van der Waals surface area contributed by atoms with Crippen LogP contribution in [0.5, 0.6) is 5.75 Å². The van der Waals surface area contributed by atoms with Gasteiger partial charge in [-0.05, 0) is 61.7 Å². The molecule has 0 unspecified atom stereocenters. The summed E-state index contributed by atoms with van der Waals surface area (Å²) in [6, 6.07) is 8.04. The summed E-state index contributed by atoms with van der Waals surface area (Å²) in [5.41, 5.74) is 4.20. The Kier molecular flexibility index (Phi) is 3.89. The van der Waals surface area contributed by atoms with Gasteiger partial charge in [-0.2, -0.15) is 0 Å². The first kappa shape index (κ1) is 14.3. The second kappa shape index (κ2) is 5.45. The molecule has 0 radical (unpaired) electrons. The molecule has 0 bridgehead atoms. The highest BCUT2D eigenvalue weighted by Crippen LogP contribution is 2.23. The molecule has 2 aromatic carbocycles. The van der Waals surface area contributed by atoms with Gasteiger partial charge in [0.05, 0.1) is 7.11 Å². The fourth-order valence-electron chi connectivity index (χ4n) is 2.16. The lowest BCUT2D eigenvalue weighted by Gasteiger charge is -2.10. The Labute approximate surface area is 118 Å². The Bertz CT molecular complexity index is 675. The molecule has 2 aromatic rings. The molecule has 0 N–H and O–H groups in total. The number of ether oxygens (including phenoxy) is 1. The first-order valence-corrected chi connectivity index (χ1v) is 6.40. The Morgan fingerprint density at radius 2 is 1.65 bits per heavy atom. The molecule has 0 spiro atoms. The first-order valence-electron chi connectivity index (χ1n) is 6.40. The van der Waals surface area contributed by atoms with Gasteiger partial charge in [-0.15, -0.1) is 0 Å². The van der Waals surface area contributed by atoms with Crippen LogP contribution in [0.3, 0.4) is 0 Å². The Balaban J connectivity index is 2.49. The van der Waals surface area contributed by atoms with Crippen LogP contribution >= 0.6 is 0 Å². The van der Waals surface area contributed by atoms with Crippen molar-refractivity contribution >= 4 is 5.78 Å². The van der Waals surface area contributed by atoms with Crippen LogP contribution < -0.4 is 4.74 Å². The van der Waals surface area contributed by atoms with Crippen molar-refractivity contribution in [2.75, 3.05) is 7.11 Å². The average molecular weight is 272 g/mol. The van der Waals surface area contributed by atoms with Crippen LogP contribution in [0.15, 0.2) is 30.3 Å². The number of carbonyl (C=O) groups excluding carboxylic acids is 1. The topological polar surface area (TPSA) is 26.3 Å². The molecule has 0 aromatic heterocycles. The molecule has 0 saturated carbocycles. The van der Waals surface area contributed by atoms with Gasteiger partial charge >= 0.3 is 0 Å². The van der Waals surface area contributed by atoms with Crippen LogP contribution in [0.4, 0.5) is 4.39 Å². The largest absolute Gasteiger partial charge is 0.494 e. The van der Waals surface area contributed by atoms with Crippen LogP contribution in [0.2, 0.25) is 0 Å². The highest BCUT2D eigenvalue weighted by Gasteiger charge is 2.15. The summed E-state index contributed by atoms with van der Waals surface area (Å²) in [7, 11) is 1.38. The van der Waals surface area contributed by atoms with Crippen LogP contribution in [0.1, 0.15) is 32.6 Å². The molecule has 0 heterocycles. The number of ketones is 1. The second-order valence-electron chi connectivity index (χ2n) is 4.93. The van der Waals surface area contributed by atoms with Crippen molar-refractivity contribution in [2.24, 2.45) is 0 Å². The van der Waals surface area contributed by atoms with Gasteiger partial charge in [0.15, 0.2) is 17.3 Å². The van der Waals surface area contributed by atoms with Crippen molar-refractivity contribution in [3.8, 4) is 5.75 Å². The van der Waals surface area contributed by atoms with Crippen LogP contribution in [0, 0.1) is 26.6 Å². The zero-order valence-electron chi connectivity index (χ0n) is 12.1. The lowest BCUT2D eigenvalue weighted by molar-refractivity contribution is 0.103. The van der Waals surface area contributed by atoms with E-state index in [9.17, 15) is 9.18 Å². The first-order chi connectivity index (χ1) is 9.43. The van der Waals surface area contributed by atoms with E-state index in [0.717, 1.165) is 16.7 Å². The van der Waals surface area contributed by atoms with E-state index in [-0.39, 0.29) is 11.5 Å². The van der Waals surface area contributed by atoms with Gasteiger partial charge in [-0.25, -0.2) is 4.39 Å². The van der Waals surface area contributed by atoms with Crippen molar-refractivity contribution in [3.05, 3.63) is 64.0 Å². The predicted octanol–water partition coefficient (Wildman–Crippen LogP) is 3.99. The van der Waals surface area contributed by atoms with Gasteiger partial charge in [0.2, 0.25) is 0 Å². The number of hydrogen-bond acceptors (Lipinski definition) is 2. The van der Waals surface area contributed by atoms with Gasteiger partial charge < -0.3 is 4.74 Å². The SMILES string of the molecule is COc1cc(C(=O)c2cc(C)c(C)cc2C)ccc1F. The average Bonchev–Trinajstić information content (AvgIpc) is 2.42. The molecule has 0 atom stereocenters. The summed E-state index contributed by atoms with van der Waals surface area (Å²) in [6.45, 7) is 5.88. The zero-order chi connectivity index (χ0) is 14.9. The summed E-state index contributed by atoms with van der Waals surface area (Å²) in [6.07, 6.45) is 0. The molecule has 0 aliphatic heterocycles. The minimum Gasteiger partial charge on any atom is -0.494 e. The molecule has 20 heavy (non-hydrogen) atoms. The van der Waals surface area contributed by atoms with E-state index in [1.807, 2.05) is 32.9 Å². The normalized spacial score (nSPS) is 10.4. The number of methoxy groups -OCH3 is 1. The van der Waals surface area contributed by atoms with Crippen LogP contribution in [-0.2, 0) is 0 Å².